The number of hydrogen-bond donors (Lipinski definition) is 1. The first-order valence-electron chi connectivity index (χ1n) is 6.70. The Balaban J connectivity index is 2.04. The van der Waals surface area contributed by atoms with E-state index in [1.165, 1.54) is 18.4 Å². The summed E-state index contributed by atoms with van der Waals surface area (Å²) in [4.78, 5) is 0. The Kier molecular flexibility index (Phi) is 3.46. The van der Waals surface area contributed by atoms with Gasteiger partial charge in [-0.2, -0.15) is 5.10 Å². The molecule has 2 aromatic rings. The van der Waals surface area contributed by atoms with E-state index < -0.39 is 6.10 Å². The number of aromatic nitrogens is 2. The van der Waals surface area contributed by atoms with Gasteiger partial charge in [-0.05, 0) is 52.7 Å². The standard InChI is InChI=1S/C15H17BrN2O/c1-2-18-14(13(16)9-17-18)15(19)12-6-4-3-5-11(12)10-7-8-10/h3-6,9-10,15,19H,2,7-8H2,1H3. The van der Waals surface area contributed by atoms with E-state index >= 15 is 0 Å². The fourth-order valence-electron chi connectivity index (χ4n) is 2.57. The quantitative estimate of drug-likeness (QED) is 0.934. The van der Waals surface area contributed by atoms with Crippen LogP contribution in [0.3, 0.4) is 0 Å². The molecule has 1 unspecified atom stereocenters. The van der Waals surface area contributed by atoms with Crippen LogP contribution in [0.5, 0.6) is 0 Å². The summed E-state index contributed by atoms with van der Waals surface area (Å²) in [5, 5.41) is 15.0. The molecule has 19 heavy (non-hydrogen) atoms. The number of aliphatic hydroxyl groups excluding tert-OH is 1. The van der Waals surface area contributed by atoms with Crippen LogP contribution in [-0.2, 0) is 6.54 Å². The van der Waals surface area contributed by atoms with E-state index in [0.717, 1.165) is 22.3 Å². The lowest BCUT2D eigenvalue weighted by Crippen LogP contribution is -2.11. The van der Waals surface area contributed by atoms with Crippen LogP contribution in [0.25, 0.3) is 0 Å². The third-order valence-corrected chi connectivity index (χ3v) is 4.31. The highest BCUT2D eigenvalue weighted by Gasteiger charge is 2.29. The number of nitrogens with zero attached hydrogens (tertiary/aromatic N) is 2. The molecule has 0 aliphatic heterocycles. The maximum atomic E-state index is 10.7. The molecule has 1 saturated carbocycles. The van der Waals surface area contributed by atoms with Crippen LogP contribution in [0.4, 0.5) is 0 Å². The van der Waals surface area contributed by atoms with E-state index in [4.69, 9.17) is 0 Å². The molecule has 1 aliphatic rings. The summed E-state index contributed by atoms with van der Waals surface area (Å²) < 4.78 is 2.71. The number of aliphatic hydroxyl groups is 1. The molecule has 1 aromatic heterocycles. The first-order valence-corrected chi connectivity index (χ1v) is 7.49. The molecule has 3 rings (SSSR count). The third kappa shape index (κ3) is 2.35. The fraction of sp³-hybridized carbons (Fsp3) is 0.400. The first-order chi connectivity index (χ1) is 9.22. The maximum absolute atomic E-state index is 10.7. The number of benzene rings is 1. The Morgan fingerprint density at radius 2 is 2.16 bits per heavy atom. The molecule has 0 spiro atoms. The van der Waals surface area contributed by atoms with Crippen molar-refractivity contribution >= 4 is 15.9 Å². The topological polar surface area (TPSA) is 38.0 Å². The molecule has 0 saturated heterocycles. The average Bonchev–Trinajstić information content (AvgIpc) is 3.21. The zero-order valence-electron chi connectivity index (χ0n) is 10.9. The normalized spacial score (nSPS) is 16.6. The molecule has 0 amide bonds. The van der Waals surface area contributed by atoms with Gasteiger partial charge < -0.3 is 5.11 Å². The smallest absolute Gasteiger partial charge is 0.122 e. The Morgan fingerprint density at radius 1 is 1.42 bits per heavy atom. The van der Waals surface area contributed by atoms with Crippen molar-refractivity contribution in [1.29, 1.82) is 0 Å². The summed E-state index contributed by atoms with van der Waals surface area (Å²) in [5.74, 6) is 0.627. The van der Waals surface area contributed by atoms with Crippen molar-refractivity contribution in [3.8, 4) is 0 Å². The molecule has 1 aromatic carbocycles. The van der Waals surface area contributed by atoms with Crippen molar-refractivity contribution in [1.82, 2.24) is 9.78 Å². The van der Waals surface area contributed by atoms with Crippen LogP contribution in [0.2, 0.25) is 0 Å². The van der Waals surface area contributed by atoms with Gasteiger partial charge in [-0.25, -0.2) is 0 Å². The van der Waals surface area contributed by atoms with Crippen molar-refractivity contribution in [3.05, 3.63) is 51.8 Å². The Labute approximate surface area is 121 Å². The van der Waals surface area contributed by atoms with Gasteiger partial charge in [-0.3, -0.25) is 4.68 Å². The van der Waals surface area contributed by atoms with Crippen LogP contribution < -0.4 is 0 Å². The van der Waals surface area contributed by atoms with Gasteiger partial charge in [0.25, 0.3) is 0 Å². The Bertz CT molecular complexity index is 590. The molecule has 1 N–H and O–H groups in total. The van der Waals surface area contributed by atoms with E-state index in [1.807, 2.05) is 23.7 Å². The van der Waals surface area contributed by atoms with E-state index in [-0.39, 0.29) is 0 Å². The van der Waals surface area contributed by atoms with Crippen molar-refractivity contribution in [3.63, 3.8) is 0 Å². The highest BCUT2D eigenvalue weighted by atomic mass is 79.9. The summed E-state index contributed by atoms with van der Waals surface area (Å²) >= 11 is 3.49. The monoisotopic (exact) mass is 320 g/mol. The molecule has 100 valence electrons. The van der Waals surface area contributed by atoms with E-state index in [2.05, 4.69) is 33.2 Å². The van der Waals surface area contributed by atoms with Gasteiger partial charge in [0, 0.05) is 6.54 Å². The first kappa shape index (κ1) is 12.9. The molecule has 1 fully saturated rings. The molecule has 3 nitrogen and oxygen atoms in total. The maximum Gasteiger partial charge on any atom is 0.122 e. The summed E-state index contributed by atoms with van der Waals surface area (Å²) in [6.07, 6.45) is 3.60. The number of halogens is 1. The van der Waals surface area contributed by atoms with Gasteiger partial charge in [0.15, 0.2) is 0 Å². The molecule has 1 atom stereocenters. The van der Waals surface area contributed by atoms with Crippen LogP contribution in [-0.4, -0.2) is 14.9 Å². The largest absolute Gasteiger partial charge is 0.382 e. The lowest BCUT2D eigenvalue weighted by molar-refractivity contribution is 0.206. The molecule has 0 bridgehead atoms. The second kappa shape index (κ2) is 5.10. The summed E-state index contributed by atoms with van der Waals surface area (Å²) in [6, 6.07) is 8.20. The summed E-state index contributed by atoms with van der Waals surface area (Å²) in [5.41, 5.74) is 3.14. The molecule has 4 heteroatoms. The fourth-order valence-corrected chi connectivity index (χ4v) is 3.08. The molecular formula is C15H17BrN2O. The van der Waals surface area contributed by atoms with Gasteiger partial charge in [0.1, 0.15) is 6.10 Å². The minimum absolute atomic E-state index is 0.617. The minimum atomic E-state index is -0.617. The van der Waals surface area contributed by atoms with Crippen molar-refractivity contribution < 1.29 is 5.11 Å². The molecule has 0 radical (unpaired) electrons. The van der Waals surface area contributed by atoms with Crippen LogP contribution >= 0.6 is 15.9 Å². The van der Waals surface area contributed by atoms with Crippen LogP contribution in [0, 0.1) is 0 Å². The predicted octanol–water partition coefficient (Wildman–Crippen LogP) is 3.62. The van der Waals surface area contributed by atoms with E-state index in [1.54, 1.807) is 6.20 Å². The molecular weight excluding hydrogens is 304 g/mol. The zero-order chi connectivity index (χ0) is 13.4. The van der Waals surface area contributed by atoms with Crippen LogP contribution in [0.15, 0.2) is 34.9 Å². The van der Waals surface area contributed by atoms with E-state index in [0.29, 0.717) is 5.92 Å². The number of aryl methyl sites for hydroxylation is 1. The second-order valence-corrected chi connectivity index (χ2v) is 5.85. The average molecular weight is 321 g/mol. The van der Waals surface area contributed by atoms with Gasteiger partial charge in [-0.15, -0.1) is 0 Å². The highest BCUT2D eigenvalue weighted by molar-refractivity contribution is 9.10. The second-order valence-electron chi connectivity index (χ2n) is 5.00. The summed E-state index contributed by atoms with van der Waals surface area (Å²) in [6.45, 7) is 2.78. The van der Waals surface area contributed by atoms with Crippen molar-refractivity contribution in [2.75, 3.05) is 0 Å². The Hall–Kier alpha value is -1.13. The predicted molar refractivity (Wildman–Crippen MR) is 78.1 cm³/mol. The third-order valence-electron chi connectivity index (χ3n) is 3.70. The highest BCUT2D eigenvalue weighted by Crippen LogP contribution is 2.44. The zero-order valence-corrected chi connectivity index (χ0v) is 12.5. The van der Waals surface area contributed by atoms with Crippen molar-refractivity contribution in [2.45, 2.75) is 38.3 Å². The lowest BCUT2D eigenvalue weighted by Gasteiger charge is -2.17. The number of hydrogen-bond acceptors (Lipinski definition) is 2. The minimum Gasteiger partial charge on any atom is -0.382 e. The van der Waals surface area contributed by atoms with Gasteiger partial charge in [-0.1, -0.05) is 24.3 Å². The van der Waals surface area contributed by atoms with Crippen molar-refractivity contribution in [2.24, 2.45) is 0 Å². The van der Waals surface area contributed by atoms with Crippen LogP contribution in [0.1, 0.15) is 48.6 Å². The molecule has 1 heterocycles. The van der Waals surface area contributed by atoms with Gasteiger partial charge in [0.05, 0.1) is 16.4 Å². The van der Waals surface area contributed by atoms with E-state index in [9.17, 15) is 5.11 Å². The number of rotatable bonds is 4. The SMILES string of the molecule is CCn1ncc(Br)c1C(O)c1ccccc1C1CC1. The lowest BCUT2D eigenvalue weighted by atomic mass is 9.97. The summed E-state index contributed by atoms with van der Waals surface area (Å²) in [7, 11) is 0. The molecule has 1 aliphatic carbocycles. The van der Waals surface area contributed by atoms with Gasteiger partial charge in [0.2, 0.25) is 0 Å². The van der Waals surface area contributed by atoms with Gasteiger partial charge >= 0.3 is 0 Å². The Morgan fingerprint density at radius 3 is 2.84 bits per heavy atom.